The van der Waals surface area contributed by atoms with Crippen LogP contribution in [0.2, 0.25) is 0 Å². The fraction of sp³-hybridized carbons (Fsp3) is 0.722. The van der Waals surface area contributed by atoms with Crippen molar-refractivity contribution in [3.63, 3.8) is 0 Å². The molecule has 146 valence electrons. The third-order valence-corrected chi connectivity index (χ3v) is 4.74. The number of amides is 2. The SMILES string of the molecule is CCOC(=O)C1=C(CN2CCC(C(=O)OCC)CC2)NC(=O)N[C@@H]1CC. The highest BCUT2D eigenvalue weighted by Gasteiger charge is 2.33. The maximum absolute atomic E-state index is 12.4. The molecule has 0 aliphatic carbocycles. The van der Waals surface area contributed by atoms with E-state index in [2.05, 4.69) is 15.5 Å². The van der Waals surface area contributed by atoms with Crippen LogP contribution in [0.4, 0.5) is 4.79 Å². The van der Waals surface area contributed by atoms with Gasteiger partial charge in [-0.15, -0.1) is 0 Å². The molecule has 8 nitrogen and oxygen atoms in total. The highest BCUT2D eigenvalue weighted by molar-refractivity contribution is 5.94. The number of hydrogen-bond donors (Lipinski definition) is 2. The van der Waals surface area contributed by atoms with E-state index >= 15 is 0 Å². The summed E-state index contributed by atoms with van der Waals surface area (Å²) in [5.74, 6) is -0.612. The number of carbonyl (C=O) groups excluding carboxylic acids is 3. The highest BCUT2D eigenvalue weighted by atomic mass is 16.5. The Morgan fingerprint density at radius 3 is 2.35 bits per heavy atom. The molecule has 0 aromatic heterocycles. The number of urea groups is 1. The third-order valence-electron chi connectivity index (χ3n) is 4.74. The van der Waals surface area contributed by atoms with Gasteiger partial charge in [-0.05, 0) is 46.2 Å². The third kappa shape index (κ3) is 4.97. The minimum Gasteiger partial charge on any atom is -0.466 e. The summed E-state index contributed by atoms with van der Waals surface area (Å²) in [5.41, 5.74) is 1.08. The smallest absolute Gasteiger partial charge is 0.337 e. The Morgan fingerprint density at radius 1 is 1.12 bits per heavy atom. The first kappa shape index (κ1) is 20.2. The molecule has 2 aliphatic rings. The van der Waals surface area contributed by atoms with Gasteiger partial charge in [-0.1, -0.05) is 6.92 Å². The number of likely N-dealkylation sites (tertiary alicyclic amines) is 1. The maximum Gasteiger partial charge on any atom is 0.337 e. The number of ether oxygens (including phenoxy) is 2. The van der Waals surface area contributed by atoms with Gasteiger partial charge in [0.2, 0.25) is 0 Å². The second-order valence-corrected chi connectivity index (χ2v) is 6.47. The van der Waals surface area contributed by atoms with Crippen LogP contribution < -0.4 is 10.6 Å². The van der Waals surface area contributed by atoms with E-state index < -0.39 is 5.97 Å². The molecule has 26 heavy (non-hydrogen) atoms. The lowest BCUT2D eigenvalue weighted by Gasteiger charge is -2.34. The van der Waals surface area contributed by atoms with Gasteiger partial charge in [0.25, 0.3) is 0 Å². The van der Waals surface area contributed by atoms with Crippen molar-refractivity contribution in [3.8, 4) is 0 Å². The summed E-state index contributed by atoms with van der Waals surface area (Å²) >= 11 is 0. The van der Waals surface area contributed by atoms with Crippen molar-refractivity contribution >= 4 is 18.0 Å². The fourth-order valence-corrected chi connectivity index (χ4v) is 3.40. The Balaban J connectivity index is 2.08. The van der Waals surface area contributed by atoms with Gasteiger partial charge in [0.05, 0.1) is 30.7 Å². The quantitative estimate of drug-likeness (QED) is 0.656. The lowest BCUT2D eigenvalue weighted by Crippen LogP contribution is -2.52. The van der Waals surface area contributed by atoms with Gasteiger partial charge >= 0.3 is 18.0 Å². The fourth-order valence-electron chi connectivity index (χ4n) is 3.40. The highest BCUT2D eigenvalue weighted by Crippen LogP contribution is 2.22. The van der Waals surface area contributed by atoms with E-state index in [4.69, 9.17) is 9.47 Å². The van der Waals surface area contributed by atoms with Crippen molar-refractivity contribution in [2.75, 3.05) is 32.8 Å². The molecule has 1 saturated heterocycles. The van der Waals surface area contributed by atoms with Crippen LogP contribution in [0.15, 0.2) is 11.3 Å². The zero-order valence-corrected chi connectivity index (χ0v) is 15.8. The zero-order valence-electron chi connectivity index (χ0n) is 15.8. The molecule has 1 fully saturated rings. The van der Waals surface area contributed by atoms with Crippen LogP contribution in [0.25, 0.3) is 0 Å². The average Bonchev–Trinajstić information content (AvgIpc) is 2.62. The van der Waals surface area contributed by atoms with Gasteiger partial charge < -0.3 is 20.1 Å². The van der Waals surface area contributed by atoms with Crippen LogP contribution in [0, 0.1) is 5.92 Å². The Bertz CT molecular complexity index is 567. The van der Waals surface area contributed by atoms with Crippen molar-refractivity contribution in [2.24, 2.45) is 5.92 Å². The summed E-state index contributed by atoms with van der Waals surface area (Å²) in [4.78, 5) is 38.3. The molecule has 2 amide bonds. The predicted molar refractivity (Wildman–Crippen MR) is 95.2 cm³/mol. The van der Waals surface area contributed by atoms with E-state index in [1.54, 1.807) is 13.8 Å². The zero-order chi connectivity index (χ0) is 19.1. The summed E-state index contributed by atoms with van der Waals surface area (Å²) in [5, 5.41) is 5.54. The summed E-state index contributed by atoms with van der Waals surface area (Å²) in [6, 6.07) is -0.656. The van der Waals surface area contributed by atoms with Crippen molar-refractivity contribution in [2.45, 2.75) is 46.1 Å². The maximum atomic E-state index is 12.4. The van der Waals surface area contributed by atoms with E-state index in [1.165, 1.54) is 0 Å². The van der Waals surface area contributed by atoms with Gasteiger partial charge in [0.15, 0.2) is 0 Å². The first-order valence-electron chi connectivity index (χ1n) is 9.36. The van der Waals surface area contributed by atoms with Crippen LogP contribution in [0.5, 0.6) is 0 Å². The Hall–Kier alpha value is -2.09. The lowest BCUT2D eigenvalue weighted by molar-refractivity contribution is -0.149. The number of nitrogens with zero attached hydrogens (tertiary/aromatic N) is 1. The van der Waals surface area contributed by atoms with Crippen LogP contribution in [-0.4, -0.2) is 61.8 Å². The molecule has 8 heteroatoms. The topological polar surface area (TPSA) is 97.0 Å². The van der Waals surface area contributed by atoms with E-state index in [0.29, 0.717) is 56.8 Å². The Morgan fingerprint density at radius 2 is 1.77 bits per heavy atom. The van der Waals surface area contributed by atoms with Crippen LogP contribution in [-0.2, 0) is 19.1 Å². The molecule has 2 aliphatic heterocycles. The second-order valence-electron chi connectivity index (χ2n) is 6.47. The Labute approximate surface area is 154 Å². The van der Waals surface area contributed by atoms with E-state index in [-0.39, 0.29) is 30.6 Å². The molecule has 0 bridgehead atoms. The molecule has 0 saturated carbocycles. The standard InChI is InChI=1S/C18H29N3O5/c1-4-13-15(17(23)26-6-3)14(20-18(24)19-13)11-21-9-7-12(8-10-21)16(22)25-5-2/h12-13H,4-11H2,1-3H3,(H2,19,20,24)/t13-/m1/s1. The number of rotatable bonds is 7. The summed E-state index contributed by atoms with van der Waals surface area (Å²) in [6.45, 7) is 8.03. The summed E-state index contributed by atoms with van der Waals surface area (Å²) in [7, 11) is 0. The van der Waals surface area contributed by atoms with Gasteiger partial charge in [-0.25, -0.2) is 9.59 Å². The number of carbonyl (C=O) groups is 3. The number of piperidine rings is 1. The largest absolute Gasteiger partial charge is 0.466 e. The van der Waals surface area contributed by atoms with Gasteiger partial charge in [0.1, 0.15) is 0 Å². The molecule has 2 heterocycles. The summed E-state index contributed by atoms with van der Waals surface area (Å²) < 4.78 is 10.3. The monoisotopic (exact) mass is 367 g/mol. The molecule has 0 spiro atoms. The van der Waals surface area contributed by atoms with Crippen LogP contribution >= 0.6 is 0 Å². The predicted octanol–water partition coefficient (Wildman–Crippen LogP) is 1.17. The molecule has 0 aromatic rings. The number of esters is 2. The molecule has 0 unspecified atom stereocenters. The van der Waals surface area contributed by atoms with Gasteiger partial charge in [-0.2, -0.15) is 0 Å². The van der Waals surface area contributed by atoms with Crippen molar-refractivity contribution in [1.29, 1.82) is 0 Å². The van der Waals surface area contributed by atoms with Gasteiger partial charge in [-0.3, -0.25) is 9.69 Å². The second kappa shape index (κ2) is 9.56. The van der Waals surface area contributed by atoms with Crippen molar-refractivity contribution in [3.05, 3.63) is 11.3 Å². The van der Waals surface area contributed by atoms with E-state index in [1.807, 2.05) is 6.92 Å². The molecular weight excluding hydrogens is 338 g/mol. The number of nitrogens with one attached hydrogen (secondary N) is 2. The van der Waals surface area contributed by atoms with E-state index in [0.717, 1.165) is 0 Å². The van der Waals surface area contributed by atoms with Gasteiger partial charge in [0, 0.05) is 12.2 Å². The average molecular weight is 367 g/mol. The molecule has 1 atom stereocenters. The molecule has 0 radical (unpaired) electrons. The Kier molecular flexibility index (Phi) is 7.44. The van der Waals surface area contributed by atoms with E-state index in [9.17, 15) is 14.4 Å². The minimum absolute atomic E-state index is 0.0734. The molecular formula is C18H29N3O5. The van der Waals surface area contributed by atoms with Crippen LogP contribution in [0.3, 0.4) is 0 Å². The first-order chi connectivity index (χ1) is 12.5. The first-order valence-corrected chi connectivity index (χ1v) is 9.36. The van der Waals surface area contributed by atoms with Crippen molar-refractivity contribution in [1.82, 2.24) is 15.5 Å². The lowest BCUT2D eigenvalue weighted by atomic mass is 9.95. The molecule has 0 aromatic carbocycles. The molecule has 2 rings (SSSR count). The van der Waals surface area contributed by atoms with Crippen molar-refractivity contribution < 1.29 is 23.9 Å². The number of hydrogen-bond acceptors (Lipinski definition) is 6. The van der Waals surface area contributed by atoms with Crippen LogP contribution in [0.1, 0.15) is 40.0 Å². The minimum atomic E-state index is -0.400. The molecule has 2 N–H and O–H groups in total. The summed E-state index contributed by atoms with van der Waals surface area (Å²) in [6.07, 6.45) is 2.03. The normalized spacial score (nSPS) is 21.8.